The highest BCUT2D eigenvalue weighted by molar-refractivity contribution is 5.80. The van der Waals surface area contributed by atoms with E-state index in [2.05, 4.69) is 29.1 Å². The first kappa shape index (κ1) is 18.6. The molecule has 0 amide bonds. The molecule has 0 aromatic heterocycles. The van der Waals surface area contributed by atoms with E-state index in [1.165, 1.54) is 0 Å². The van der Waals surface area contributed by atoms with Gasteiger partial charge in [0.05, 0.1) is 12.6 Å². The van der Waals surface area contributed by atoms with E-state index >= 15 is 0 Å². The largest absolute Gasteiger partial charge is 0.489 e. The van der Waals surface area contributed by atoms with Crippen molar-refractivity contribution in [2.24, 2.45) is 4.99 Å². The van der Waals surface area contributed by atoms with Gasteiger partial charge in [0, 0.05) is 26.7 Å². The van der Waals surface area contributed by atoms with Gasteiger partial charge in [0.15, 0.2) is 5.96 Å². The molecule has 134 valence electrons. The third-order valence-electron chi connectivity index (χ3n) is 4.34. The zero-order chi connectivity index (χ0) is 17.2. The summed E-state index contributed by atoms with van der Waals surface area (Å²) in [4.78, 5) is 6.74. The molecule has 0 radical (unpaired) electrons. The van der Waals surface area contributed by atoms with E-state index in [0.717, 1.165) is 57.2 Å². The van der Waals surface area contributed by atoms with Crippen molar-refractivity contribution in [3.8, 4) is 5.75 Å². The van der Waals surface area contributed by atoms with Crippen LogP contribution < -0.4 is 10.1 Å². The Bertz CT molecular complexity index is 485. The molecule has 1 N–H and O–H groups in total. The Morgan fingerprint density at radius 2 is 1.96 bits per heavy atom. The summed E-state index contributed by atoms with van der Waals surface area (Å²) in [5.41, 5.74) is 0. The SMILES string of the molecule is CCOC1CCN(C(=NC)NCC(CC)Oc2ccccc2)CC1. The number of nitrogens with one attached hydrogen (secondary N) is 1. The lowest BCUT2D eigenvalue weighted by atomic mass is 10.1. The van der Waals surface area contributed by atoms with Crippen LogP contribution in [0.4, 0.5) is 0 Å². The van der Waals surface area contributed by atoms with E-state index in [9.17, 15) is 0 Å². The quantitative estimate of drug-likeness (QED) is 0.616. The molecule has 1 aromatic rings. The number of piperidine rings is 1. The summed E-state index contributed by atoms with van der Waals surface area (Å²) in [6.45, 7) is 7.73. The Balaban J connectivity index is 1.80. The molecule has 5 heteroatoms. The number of rotatable bonds is 7. The van der Waals surface area contributed by atoms with Crippen molar-refractivity contribution >= 4 is 5.96 Å². The average Bonchev–Trinajstić information content (AvgIpc) is 2.63. The van der Waals surface area contributed by atoms with Crippen molar-refractivity contribution in [3.63, 3.8) is 0 Å². The molecule has 1 unspecified atom stereocenters. The lowest BCUT2D eigenvalue weighted by Gasteiger charge is -2.34. The second-order valence-electron chi connectivity index (χ2n) is 6.03. The molecule has 0 saturated carbocycles. The van der Waals surface area contributed by atoms with Gasteiger partial charge in [-0.1, -0.05) is 25.1 Å². The normalized spacial score (nSPS) is 17.6. The van der Waals surface area contributed by atoms with Gasteiger partial charge < -0.3 is 19.7 Å². The van der Waals surface area contributed by atoms with Crippen molar-refractivity contribution < 1.29 is 9.47 Å². The summed E-state index contributed by atoms with van der Waals surface area (Å²) in [5, 5.41) is 3.47. The third kappa shape index (κ3) is 5.71. The van der Waals surface area contributed by atoms with E-state index in [4.69, 9.17) is 9.47 Å². The van der Waals surface area contributed by atoms with Crippen molar-refractivity contribution in [3.05, 3.63) is 30.3 Å². The van der Waals surface area contributed by atoms with Gasteiger partial charge in [-0.15, -0.1) is 0 Å². The smallest absolute Gasteiger partial charge is 0.193 e. The lowest BCUT2D eigenvalue weighted by molar-refractivity contribution is 0.0262. The monoisotopic (exact) mass is 333 g/mol. The Hall–Kier alpha value is -1.75. The van der Waals surface area contributed by atoms with E-state index in [0.29, 0.717) is 6.10 Å². The van der Waals surface area contributed by atoms with E-state index in [1.54, 1.807) is 0 Å². The number of ether oxygens (including phenoxy) is 2. The second kappa shape index (κ2) is 10.2. The van der Waals surface area contributed by atoms with Gasteiger partial charge in [0.2, 0.25) is 0 Å². The number of nitrogens with zero attached hydrogens (tertiary/aromatic N) is 2. The molecule has 0 spiro atoms. The molecule has 1 aliphatic rings. The third-order valence-corrected chi connectivity index (χ3v) is 4.34. The molecule has 0 aliphatic carbocycles. The van der Waals surface area contributed by atoms with Crippen LogP contribution in [0.2, 0.25) is 0 Å². The van der Waals surface area contributed by atoms with Crippen LogP contribution in [0.5, 0.6) is 5.75 Å². The second-order valence-corrected chi connectivity index (χ2v) is 6.03. The minimum atomic E-state index is 0.130. The molecule has 1 saturated heterocycles. The summed E-state index contributed by atoms with van der Waals surface area (Å²) in [5.74, 6) is 1.87. The summed E-state index contributed by atoms with van der Waals surface area (Å²) >= 11 is 0. The number of benzene rings is 1. The van der Waals surface area contributed by atoms with Gasteiger partial charge in [-0.25, -0.2) is 0 Å². The maximum Gasteiger partial charge on any atom is 0.193 e. The average molecular weight is 333 g/mol. The van der Waals surface area contributed by atoms with Crippen LogP contribution in [0, 0.1) is 0 Å². The number of aliphatic imine (C=N–C) groups is 1. The molecule has 1 aliphatic heterocycles. The summed E-state index contributed by atoms with van der Waals surface area (Å²) in [6.07, 6.45) is 3.60. The van der Waals surface area contributed by atoms with Gasteiger partial charge in [0.25, 0.3) is 0 Å². The fraction of sp³-hybridized carbons (Fsp3) is 0.632. The van der Waals surface area contributed by atoms with Crippen LogP contribution in [-0.2, 0) is 4.74 Å². The van der Waals surface area contributed by atoms with Crippen molar-refractivity contribution in [2.75, 3.05) is 33.3 Å². The van der Waals surface area contributed by atoms with E-state index < -0.39 is 0 Å². The highest BCUT2D eigenvalue weighted by Gasteiger charge is 2.22. The Kier molecular flexibility index (Phi) is 7.89. The van der Waals surface area contributed by atoms with Crippen LogP contribution in [0.25, 0.3) is 0 Å². The summed E-state index contributed by atoms with van der Waals surface area (Å²) in [7, 11) is 1.84. The minimum absolute atomic E-state index is 0.130. The highest BCUT2D eigenvalue weighted by Crippen LogP contribution is 2.14. The number of likely N-dealkylation sites (tertiary alicyclic amines) is 1. The summed E-state index contributed by atoms with van der Waals surface area (Å²) < 4.78 is 11.8. The molecule has 24 heavy (non-hydrogen) atoms. The topological polar surface area (TPSA) is 46.1 Å². The Morgan fingerprint density at radius 1 is 1.25 bits per heavy atom. The molecular formula is C19H31N3O2. The van der Waals surface area contributed by atoms with Gasteiger partial charge in [-0.2, -0.15) is 0 Å². The molecule has 2 rings (SSSR count). The van der Waals surface area contributed by atoms with Crippen molar-refractivity contribution in [2.45, 2.75) is 45.3 Å². The Morgan fingerprint density at radius 3 is 2.54 bits per heavy atom. The van der Waals surface area contributed by atoms with Gasteiger partial charge >= 0.3 is 0 Å². The van der Waals surface area contributed by atoms with Crippen molar-refractivity contribution in [1.29, 1.82) is 0 Å². The number of hydrogen-bond acceptors (Lipinski definition) is 3. The number of hydrogen-bond donors (Lipinski definition) is 1. The van der Waals surface area contributed by atoms with E-state index in [1.807, 2.05) is 37.4 Å². The minimum Gasteiger partial charge on any atom is -0.489 e. The van der Waals surface area contributed by atoms with Crippen LogP contribution in [0.1, 0.15) is 33.1 Å². The fourth-order valence-corrected chi connectivity index (χ4v) is 2.97. The molecule has 0 bridgehead atoms. The standard InChI is InChI=1S/C19H31N3O2/c1-4-16(24-18-9-7-6-8-10-18)15-21-19(20-3)22-13-11-17(12-14-22)23-5-2/h6-10,16-17H,4-5,11-15H2,1-3H3,(H,20,21). The molecule has 5 nitrogen and oxygen atoms in total. The molecule has 1 aromatic carbocycles. The zero-order valence-electron chi connectivity index (χ0n) is 15.2. The molecule has 1 heterocycles. The number of para-hydroxylation sites is 1. The van der Waals surface area contributed by atoms with Gasteiger partial charge in [0.1, 0.15) is 11.9 Å². The Labute approximate surface area is 146 Å². The predicted molar refractivity (Wildman–Crippen MR) is 98.7 cm³/mol. The van der Waals surface area contributed by atoms with Crippen LogP contribution >= 0.6 is 0 Å². The predicted octanol–water partition coefficient (Wildman–Crippen LogP) is 2.92. The first-order chi connectivity index (χ1) is 11.8. The fourth-order valence-electron chi connectivity index (χ4n) is 2.97. The maximum atomic E-state index is 6.04. The summed E-state index contributed by atoms with van der Waals surface area (Å²) in [6, 6.07) is 9.99. The molecule has 1 atom stereocenters. The highest BCUT2D eigenvalue weighted by atomic mass is 16.5. The maximum absolute atomic E-state index is 6.04. The first-order valence-electron chi connectivity index (χ1n) is 9.05. The van der Waals surface area contributed by atoms with Gasteiger partial charge in [-0.05, 0) is 38.3 Å². The molecular weight excluding hydrogens is 302 g/mol. The van der Waals surface area contributed by atoms with Crippen LogP contribution in [0.3, 0.4) is 0 Å². The van der Waals surface area contributed by atoms with Gasteiger partial charge in [-0.3, -0.25) is 4.99 Å². The van der Waals surface area contributed by atoms with E-state index in [-0.39, 0.29) is 6.10 Å². The van der Waals surface area contributed by atoms with Crippen LogP contribution in [-0.4, -0.2) is 56.4 Å². The number of guanidine groups is 1. The van der Waals surface area contributed by atoms with Crippen LogP contribution in [0.15, 0.2) is 35.3 Å². The van der Waals surface area contributed by atoms with Crippen molar-refractivity contribution in [1.82, 2.24) is 10.2 Å². The molecule has 1 fully saturated rings. The first-order valence-corrected chi connectivity index (χ1v) is 9.05. The lowest BCUT2D eigenvalue weighted by Crippen LogP contribution is -2.49. The zero-order valence-corrected chi connectivity index (χ0v) is 15.2.